The fraction of sp³-hybridized carbons (Fsp3) is 0.346. The van der Waals surface area contributed by atoms with Crippen LogP contribution in [0.1, 0.15) is 36.0 Å². The summed E-state index contributed by atoms with van der Waals surface area (Å²) in [5.41, 5.74) is 0.619. The number of alkyl halides is 3. The zero-order valence-electron chi connectivity index (χ0n) is 19.7. The maximum atomic E-state index is 13.5. The molecule has 3 aromatic rings. The Morgan fingerprint density at radius 3 is 2.68 bits per heavy atom. The van der Waals surface area contributed by atoms with Crippen molar-refractivity contribution in [2.45, 2.75) is 32.0 Å². The van der Waals surface area contributed by atoms with Gasteiger partial charge in [-0.05, 0) is 91.5 Å². The minimum absolute atomic E-state index is 0.0155. The van der Waals surface area contributed by atoms with E-state index in [-0.39, 0.29) is 28.3 Å². The van der Waals surface area contributed by atoms with E-state index in [2.05, 4.69) is 10.4 Å². The molecular weight excluding hydrogens is 525 g/mol. The molecule has 2 aromatic carbocycles. The number of imide groups is 1. The zero-order chi connectivity index (χ0) is 26.2. The number of hydrogen-bond acceptors (Lipinski definition) is 5. The second-order valence-corrected chi connectivity index (χ2v) is 10.7. The molecule has 2 saturated heterocycles. The van der Waals surface area contributed by atoms with Gasteiger partial charge in [0.05, 0.1) is 28.7 Å². The standard InChI is InChI=1S/C26H24ClF3N4O2S/c27-20-3-2-18(21(13-20)26(28,29)30)15-34-22-4-1-17(11-19(22)14-32-34)12-23-24(35)33(25(36)37-23)10-7-16-5-8-31-9-6-16/h1-4,11-14,16,31H,5-10,15H2. The van der Waals surface area contributed by atoms with Crippen LogP contribution in [0.5, 0.6) is 0 Å². The van der Waals surface area contributed by atoms with Crippen molar-refractivity contribution < 1.29 is 22.8 Å². The summed E-state index contributed by atoms with van der Waals surface area (Å²) in [6.07, 6.45) is 1.62. The van der Waals surface area contributed by atoms with Crippen LogP contribution in [0.4, 0.5) is 18.0 Å². The summed E-state index contributed by atoms with van der Waals surface area (Å²) < 4.78 is 42.0. The molecule has 0 saturated carbocycles. The molecule has 0 atom stereocenters. The van der Waals surface area contributed by atoms with E-state index < -0.39 is 11.7 Å². The highest BCUT2D eigenvalue weighted by Crippen LogP contribution is 2.35. The van der Waals surface area contributed by atoms with Gasteiger partial charge in [-0.2, -0.15) is 18.3 Å². The number of amides is 2. The van der Waals surface area contributed by atoms with Crippen molar-refractivity contribution in [2.75, 3.05) is 19.6 Å². The lowest BCUT2D eigenvalue weighted by Crippen LogP contribution is -2.33. The number of thioether (sulfide) groups is 1. The number of fused-ring (bicyclic) bond motifs is 1. The van der Waals surface area contributed by atoms with Crippen molar-refractivity contribution in [3.05, 3.63) is 69.2 Å². The normalized spacial score (nSPS) is 18.5. The van der Waals surface area contributed by atoms with Gasteiger partial charge < -0.3 is 5.32 Å². The van der Waals surface area contributed by atoms with Crippen LogP contribution in [0.3, 0.4) is 0 Å². The van der Waals surface area contributed by atoms with Gasteiger partial charge in [0.15, 0.2) is 0 Å². The molecule has 2 aliphatic heterocycles. The van der Waals surface area contributed by atoms with E-state index in [0.717, 1.165) is 50.2 Å². The summed E-state index contributed by atoms with van der Waals surface area (Å²) in [7, 11) is 0. The highest BCUT2D eigenvalue weighted by molar-refractivity contribution is 8.18. The first-order valence-electron chi connectivity index (χ1n) is 12.0. The number of rotatable bonds is 6. The molecule has 0 radical (unpaired) electrons. The van der Waals surface area contributed by atoms with E-state index in [0.29, 0.717) is 33.8 Å². The smallest absolute Gasteiger partial charge is 0.317 e. The lowest BCUT2D eigenvalue weighted by molar-refractivity contribution is -0.138. The number of carbonyl (C=O) groups is 2. The van der Waals surface area contributed by atoms with Crippen LogP contribution >= 0.6 is 23.4 Å². The van der Waals surface area contributed by atoms with Gasteiger partial charge in [-0.15, -0.1) is 0 Å². The zero-order valence-corrected chi connectivity index (χ0v) is 21.3. The maximum absolute atomic E-state index is 13.5. The van der Waals surface area contributed by atoms with Crippen molar-refractivity contribution in [2.24, 2.45) is 5.92 Å². The number of piperidine rings is 1. The summed E-state index contributed by atoms with van der Waals surface area (Å²) in [6, 6.07) is 9.01. The number of benzene rings is 2. The van der Waals surface area contributed by atoms with Crippen molar-refractivity contribution in [1.29, 1.82) is 0 Å². The number of nitrogens with zero attached hydrogens (tertiary/aromatic N) is 3. The van der Waals surface area contributed by atoms with E-state index in [1.807, 2.05) is 0 Å². The molecular formula is C26H24ClF3N4O2S. The van der Waals surface area contributed by atoms with Crippen LogP contribution in [-0.2, 0) is 17.5 Å². The Hall–Kier alpha value is -2.82. The SMILES string of the molecule is O=C1SC(=Cc2ccc3c(cnn3Cc3ccc(Cl)cc3C(F)(F)F)c2)C(=O)N1CCC1CCNCC1. The Morgan fingerprint density at radius 2 is 1.92 bits per heavy atom. The molecule has 5 rings (SSSR count). The number of aromatic nitrogens is 2. The molecule has 3 heterocycles. The highest BCUT2D eigenvalue weighted by atomic mass is 35.5. The fourth-order valence-corrected chi connectivity index (χ4v) is 5.80. The Bertz CT molecular complexity index is 1380. The molecule has 2 aliphatic rings. The average molecular weight is 549 g/mol. The summed E-state index contributed by atoms with van der Waals surface area (Å²) >= 11 is 6.72. The van der Waals surface area contributed by atoms with Crippen molar-refractivity contribution in [3.8, 4) is 0 Å². The van der Waals surface area contributed by atoms with Crippen LogP contribution < -0.4 is 5.32 Å². The first kappa shape index (κ1) is 25.8. The predicted molar refractivity (Wildman–Crippen MR) is 138 cm³/mol. The van der Waals surface area contributed by atoms with Crippen LogP contribution in [-0.4, -0.2) is 45.5 Å². The topological polar surface area (TPSA) is 67.2 Å². The quantitative estimate of drug-likeness (QED) is 0.372. The first-order chi connectivity index (χ1) is 17.7. The molecule has 194 valence electrons. The van der Waals surface area contributed by atoms with Gasteiger partial charge in [-0.3, -0.25) is 19.2 Å². The van der Waals surface area contributed by atoms with Crippen LogP contribution in [0.2, 0.25) is 5.02 Å². The summed E-state index contributed by atoms with van der Waals surface area (Å²) in [5, 5.41) is 8.05. The molecule has 1 N–H and O–H groups in total. The Labute approximate surface area is 220 Å². The van der Waals surface area contributed by atoms with Gasteiger partial charge in [0.1, 0.15) is 0 Å². The van der Waals surface area contributed by atoms with Crippen molar-refractivity contribution in [1.82, 2.24) is 20.0 Å². The molecule has 0 unspecified atom stereocenters. The Kier molecular flexibility index (Phi) is 7.33. The predicted octanol–water partition coefficient (Wildman–Crippen LogP) is 6.18. The van der Waals surface area contributed by atoms with Gasteiger partial charge in [0.2, 0.25) is 0 Å². The second kappa shape index (κ2) is 10.5. The molecule has 1 aromatic heterocycles. The maximum Gasteiger partial charge on any atom is 0.416 e. The van der Waals surface area contributed by atoms with E-state index in [1.54, 1.807) is 30.5 Å². The van der Waals surface area contributed by atoms with E-state index in [1.165, 1.54) is 21.7 Å². The largest absolute Gasteiger partial charge is 0.416 e. The minimum atomic E-state index is -4.53. The van der Waals surface area contributed by atoms with E-state index in [4.69, 9.17) is 11.6 Å². The Balaban J connectivity index is 1.32. The second-order valence-electron chi connectivity index (χ2n) is 9.24. The van der Waals surface area contributed by atoms with E-state index in [9.17, 15) is 22.8 Å². The van der Waals surface area contributed by atoms with Gasteiger partial charge >= 0.3 is 6.18 Å². The lowest BCUT2D eigenvalue weighted by atomic mass is 9.94. The number of carbonyl (C=O) groups excluding carboxylic acids is 2. The van der Waals surface area contributed by atoms with Crippen molar-refractivity contribution in [3.63, 3.8) is 0 Å². The average Bonchev–Trinajstić information content (AvgIpc) is 3.38. The highest BCUT2D eigenvalue weighted by Gasteiger charge is 2.35. The van der Waals surface area contributed by atoms with Crippen LogP contribution in [0, 0.1) is 5.92 Å². The molecule has 37 heavy (non-hydrogen) atoms. The molecule has 2 amide bonds. The molecule has 0 aliphatic carbocycles. The van der Waals surface area contributed by atoms with Crippen molar-refractivity contribution >= 4 is 51.5 Å². The van der Waals surface area contributed by atoms with Gasteiger partial charge in [-0.25, -0.2) is 0 Å². The molecule has 6 nitrogen and oxygen atoms in total. The summed E-state index contributed by atoms with van der Waals surface area (Å²) in [4.78, 5) is 27.0. The monoisotopic (exact) mass is 548 g/mol. The van der Waals surface area contributed by atoms with E-state index >= 15 is 0 Å². The fourth-order valence-electron chi connectivity index (χ4n) is 4.76. The third-order valence-electron chi connectivity index (χ3n) is 6.75. The first-order valence-corrected chi connectivity index (χ1v) is 13.2. The lowest BCUT2D eigenvalue weighted by Gasteiger charge is -2.24. The summed E-state index contributed by atoms with van der Waals surface area (Å²) in [6.45, 7) is 2.28. The van der Waals surface area contributed by atoms with Crippen LogP contribution in [0.15, 0.2) is 47.5 Å². The molecule has 2 fully saturated rings. The number of halogens is 4. The molecule has 0 spiro atoms. The summed E-state index contributed by atoms with van der Waals surface area (Å²) in [5.74, 6) is 0.223. The van der Waals surface area contributed by atoms with Gasteiger partial charge in [0.25, 0.3) is 11.1 Å². The third-order valence-corrected chi connectivity index (χ3v) is 7.90. The minimum Gasteiger partial charge on any atom is -0.317 e. The van der Waals surface area contributed by atoms with Gasteiger partial charge in [-0.1, -0.05) is 23.7 Å². The number of hydrogen-bond donors (Lipinski definition) is 1. The number of nitrogens with one attached hydrogen (secondary N) is 1. The van der Waals surface area contributed by atoms with Gasteiger partial charge in [0, 0.05) is 17.0 Å². The third kappa shape index (κ3) is 5.71. The molecule has 0 bridgehead atoms. The Morgan fingerprint density at radius 1 is 1.14 bits per heavy atom. The van der Waals surface area contributed by atoms with Crippen LogP contribution in [0.25, 0.3) is 17.0 Å². The molecule has 11 heteroatoms.